The third kappa shape index (κ3) is 6.61. The zero-order valence-electron chi connectivity index (χ0n) is 17.7. The first-order chi connectivity index (χ1) is 16.2. The van der Waals surface area contributed by atoms with Crippen LogP contribution in [0.2, 0.25) is 0 Å². The van der Waals surface area contributed by atoms with Crippen molar-refractivity contribution in [1.29, 1.82) is 0 Å². The maximum absolute atomic E-state index is 10.6. The third-order valence-corrected chi connectivity index (χ3v) is 4.57. The Bertz CT molecular complexity index is 1090. The summed E-state index contributed by atoms with van der Waals surface area (Å²) >= 11 is 0. The molecule has 1 saturated heterocycles. The van der Waals surface area contributed by atoms with E-state index in [1.54, 1.807) is 30.5 Å². The van der Waals surface area contributed by atoms with E-state index >= 15 is 0 Å². The molecule has 0 bridgehead atoms. The van der Waals surface area contributed by atoms with Crippen molar-refractivity contribution < 1.29 is 19.4 Å². The molecule has 0 spiro atoms. The summed E-state index contributed by atoms with van der Waals surface area (Å²) in [6.07, 6.45) is 1.60. The van der Waals surface area contributed by atoms with E-state index in [0.717, 1.165) is 11.3 Å². The molecule has 2 aromatic carbocycles. The normalized spacial score (nSPS) is 13.6. The highest BCUT2D eigenvalue weighted by Crippen LogP contribution is 2.18. The van der Waals surface area contributed by atoms with Crippen LogP contribution in [0.1, 0.15) is 5.56 Å². The zero-order valence-corrected chi connectivity index (χ0v) is 17.7. The zero-order chi connectivity index (χ0) is 22.9. The van der Waals surface area contributed by atoms with Gasteiger partial charge in [0.25, 0.3) is 0 Å². The molecule has 33 heavy (non-hydrogen) atoms. The minimum atomic E-state index is -1.03. The second-order valence-electron chi connectivity index (χ2n) is 6.99. The summed E-state index contributed by atoms with van der Waals surface area (Å²) in [5.74, 6) is 0.661. The molecular weight excluding hydrogens is 426 g/mol. The van der Waals surface area contributed by atoms with E-state index in [0.29, 0.717) is 49.9 Å². The Morgan fingerprint density at radius 2 is 1.79 bits per heavy atom. The summed E-state index contributed by atoms with van der Waals surface area (Å²) in [6, 6.07) is 16.5. The fourth-order valence-electron chi connectivity index (χ4n) is 2.99. The number of carboxylic acids is 1. The average molecular weight is 449 g/mol. The molecule has 0 amide bonds. The summed E-state index contributed by atoms with van der Waals surface area (Å²) < 4.78 is 10.5. The van der Waals surface area contributed by atoms with Crippen molar-refractivity contribution in [3.05, 3.63) is 60.2 Å². The number of carbonyl (C=O) groups is 1. The maximum atomic E-state index is 10.6. The molecule has 0 radical (unpaired) electrons. The van der Waals surface area contributed by atoms with E-state index in [2.05, 4.69) is 30.8 Å². The standard InChI is InChI=1S/C22H23N7O4/c30-19(31)15-33-18-8-6-16(7-9-18)14-23-28-21-25-20(24-17-4-2-1-3-5-17)26-22(27-21)29-10-12-32-13-11-29/h1-9,14H,10-13,15H2,(H,30,31)(H2,24,25,26,27,28)/b23-14-. The van der Waals surface area contributed by atoms with E-state index in [4.69, 9.17) is 14.6 Å². The number of hydrazone groups is 1. The average Bonchev–Trinajstić information content (AvgIpc) is 2.84. The molecule has 0 aliphatic carbocycles. The van der Waals surface area contributed by atoms with Crippen LogP contribution >= 0.6 is 0 Å². The number of nitrogens with zero attached hydrogens (tertiary/aromatic N) is 5. The summed E-state index contributed by atoms with van der Waals surface area (Å²) in [5.41, 5.74) is 4.50. The number of aliphatic carboxylic acids is 1. The quantitative estimate of drug-likeness (QED) is 0.330. The molecule has 0 saturated carbocycles. The number of hydrogen-bond donors (Lipinski definition) is 3. The molecule has 11 nitrogen and oxygen atoms in total. The van der Waals surface area contributed by atoms with E-state index in [-0.39, 0.29) is 6.61 Å². The van der Waals surface area contributed by atoms with Crippen LogP contribution in [0.5, 0.6) is 5.75 Å². The van der Waals surface area contributed by atoms with Gasteiger partial charge in [-0.3, -0.25) is 0 Å². The number of rotatable bonds is 9. The van der Waals surface area contributed by atoms with E-state index in [1.807, 2.05) is 35.2 Å². The third-order valence-electron chi connectivity index (χ3n) is 4.57. The predicted octanol–water partition coefficient (Wildman–Crippen LogP) is 2.36. The Kier molecular flexibility index (Phi) is 7.23. The van der Waals surface area contributed by atoms with Gasteiger partial charge in [-0.2, -0.15) is 20.1 Å². The van der Waals surface area contributed by atoms with Crippen molar-refractivity contribution >= 4 is 35.7 Å². The molecule has 1 aliphatic heterocycles. The van der Waals surface area contributed by atoms with Gasteiger partial charge in [0.15, 0.2) is 6.61 Å². The Hall–Kier alpha value is -4.25. The number of para-hydroxylation sites is 1. The molecule has 170 valence electrons. The molecule has 3 N–H and O–H groups in total. The van der Waals surface area contributed by atoms with Crippen molar-refractivity contribution in [3.63, 3.8) is 0 Å². The van der Waals surface area contributed by atoms with Crippen LogP contribution in [0.15, 0.2) is 59.7 Å². The van der Waals surface area contributed by atoms with Crippen LogP contribution in [-0.4, -0.2) is 65.2 Å². The SMILES string of the molecule is O=C(O)COc1ccc(/C=N\Nc2nc(Nc3ccccc3)nc(N3CCOCC3)n2)cc1. The fourth-order valence-corrected chi connectivity index (χ4v) is 2.99. The lowest BCUT2D eigenvalue weighted by molar-refractivity contribution is -0.139. The van der Waals surface area contributed by atoms with Gasteiger partial charge in [-0.25, -0.2) is 10.2 Å². The fraction of sp³-hybridized carbons (Fsp3) is 0.227. The number of morpholine rings is 1. The first kappa shape index (κ1) is 22.0. The molecule has 1 aromatic heterocycles. The van der Waals surface area contributed by atoms with Crippen LogP contribution in [0.25, 0.3) is 0 Å². The van der Waals surface area contributed by atoms with Gasteiger partial charge in [-0.15, -0.1) is 0 Å². The van der Waals surface area contributed by atoms with Crippen LogP contribution in [0.4, 0.5) is 23.5 Å². The van der Waals surface area contributed by atoms with Crippen molar-refractivity contribution in [2.45, 2.75) is 0 Å². The van der Waals surface area contributed by atoms with Gasteiger partial charge in [0, 0.05) is 18.8 Å². The number of nitrogens with one attached hydrogen (secondary N) is 2. The summed E-state index contributed by atoms with van der Waals surface area (Å²) in [6.45, 7) is 2.21. The lowest BCUT2D eigenvalue weighted by Crippen LogP contribution is -2.37. The maximum Gasteiger partial charge on any atom is 0.341 e. The molecular formula is C22H23N7O4. The summed E-state index contributed by atoms with van der Waals surface area (Å²) in [4.78, 5) is 26.1. The van der Waals surface area contributed by atoms with Crippen molar-refractivity contribution in [1.82, 2.24) is 15.0 Å². The number of benzene rings is 2. The topological polar surface area (TPSA) is 134 Å². The highest BCUT2D eigenvalue weighted by Gasteiger charge is 2.16. The lowest BCUT2D eigenvalue weighted by Gasteiger charge is -2.27. The summed E-state index contributed by atoms with van der Waals surface area (Å²) in [7, 11) is 0. The molecule has 1 aliphatic rings. The van der Waals surface area contributed by atoms with E-state index in [9.17, 15) is 4.79 Å². The van der Waals surface area contributed by atoms with Gasteiger partial charge in [0.1, 0.15) is 5.75 Å². The summed E-state index contributed by atoms with van der Waals surface area (Å²) in [5, 5.41) is 16.1. The highest BCUT2D eigenvalue weighted by molar-refractivity contribution is 5.80. The minimum Gasteiger partial charge on any atom is -0.482 e. The monoisotopic (exact) mass is 449 g/mol. The molecule has 4 rings (SSSR count). The van der Waals surface area contributed by atoms with Crippen molar-refractivity contribution in [2.24, 2.45) is 5.10 Å². The van der Waals surface area contributed by atoms with Crippen molar-refractivity contribution in [3.8, 4) is 5.75 Å². The second-order valence-corrected chi connectivity index (χ2v) is 6.99. The Labute approximate surface area is 190 Å². The largest absolute Gasteiger partial charge is 0.482 e. The molecule has 0 unspecified atom stereocenters. The van der Waals surface area contributed by atoms with Crippen LogP contribution in [-0.2, 0) is 9.53 Å². The molecule has 3 aromatic rings. The van der Waals surface area contributed by atoms with Crippen LogP contribution in [0.3, 0.4) is 0 Å². The van der Waals surface area contributed by atoms with Gasteiger partial charge in [-0.05, 0) is 42.0 Å². The smallest absolute Gasteiger partial charge is 0.341 e. The van der Waals surface area contributed by atoms with Crippen molar-refractivity contribution in [2.75, 3.05) is 48.6 Å². The van der Waals surface area contributed by atoms with E-state index < -0.39 is 5.97 Å². The Morgan fingerprint density at radius 3 is 2.52 bits per heavy atom. The van der Waals surface area contributed by atoms with Gasteiger partial charge in [0.05, 0.1) is 19.4 Å². The second kappa shape index (κ2) is 10.9. The Morgan fingerprint density at radius 1 is 1.06 bits per heavy atom. The number of aromatic nitrogens is 3. The van der Waals surface area contributed by atoms with Crippen LogP contribution in [0, 0.1) is 0 Å². The van der Waals surface area contributed by atoms with Gasteiger partial charge in [-0.1, -0.05) is 18.2 Å². The highest BCUT2D eigenvalue weighted by atomic mass is 16.5. The number of hydrogen-bond acceptors (Lipinski definition) is 10. The van der Waals surface area contributed by atoms with E-state index in [1.165, 1.54) is 0 Å². The molecule has 1 fully saturated rings. The first-order valence-electron chi connectivity index (χ1n) is 10.3. The predicted molar refractivity (Wildman–Crippen MR) is 123 cm³/mol. The first-order valence-corrected chi connectivity index (χ1v) is 10.3. The number of anilines is 4. The number of carboxylic acid groups (broad SMARTS) is 1. The molecule has 0 atom stereocenters. The van der Waals surface area contributed by atoms with Gasteiger partial charge < -0.3 is 24.8 Å². The Balaban J connectivity index is 1.47. The van der Waals surface area contributed by atoms with Gasteiger partial charge in [0.2, 0.25) is 17.8 Å². The molecule has 11 heteroatoms. The molecule has 2 heterocycles. The number of ether oxygens (including phenoxy) is 2. The minimum absolute atomic E-state index is 0.294. The van der Waals surface area contributed by atoms with Gasteiger partial charge >= 0.3 is 5.97 Å². The lowest BCUT2D eigenvalue weighted by atomic mass is 10.2. The van der Waals surface area contributed by atoms with Crippen LogP contribution < -0.4 is 20.4 Å².